The molecule has 2 aromatic carbocycles. The van der Waals surface area contributed by atoms with Crippen molar-refractivity contribution in [3.8, 4) is 0 Å². The zero-order chi connectivity index (χ0) is 17.5. The highest BCUT2D eigenvalue weighted by atomic mass is 16.2. The molecule has 0 bridgehead atoms. The highest BCUT2D eigenvalue weighted by Crippen LogP contribution is 2.48. The fourth-order valence-corrected chi connectivity index (χ4v) is 4.34. The summed E-state index contributed by atoms with van der Waals surface area (Å²) >= 11 is 0. The molecule has 1 aromatic heterocycles. The summed E-state index contributed by atoms with van der Waals surface area (Å²) in [6.45, 7) is 3.90. The van der Waals surface area contributed by atoms with Gasteiger partial charge in [-0.25, -0.2) is 4.79 Å². The van der Waals surface area contributed by atoms with Gasteiger partial charge in [0.15, 0.2) is 5.54 Å². The molecule has 1 spiro atoms. The van der Waals surface area contributed by atoms with E-state index in [4.69, 9.17) is 0 Å². The van der Waals surface area contributed by atoms with Crippen molar-refractivity contribution in [2.45, 2.75) is 19.4 Å². The number of carbonyl (C=O) groups is 2. The van der Waals surface area contributed by atoms with Crippen molar-refractivity contribution in [1.29, 1.82) is 0 Å². The van der Waals surface area contributed by atoms with Gasteiger partial charge in [0.05, 0.1) is 5.52 Å². The number of aryl methyl sites for hydroxylation is 2. The zero-order valence-electron chi connectivity index (χ0n) is 14.3. The molecule has 1 atom stereocenters. The van der Waals surface area contributed by atoms with Crippen LogP contribution in [0.5, 0.6) is 0 Å². The highest BCUT2D eigenvalue weighted by molar-refractivity contribution is 6.15. The Bertz CT molecular complexity index is 1110. The number of hydrogen-bond acceptors (Lipinski definition) is 2. The minimum absolute atomic E-state index is 0.126. The number of hydrogen-bond donors (Lipinski definition) is 1. The molecule has 5 nitrogen and oxygen atoms in total. The van der Waals surface area contributed by atoms with Gasteiger partial charge in [-0.3, -0.25) is 9.36 Å². The lowest BCUT2D eigenvalue weighted by Crippen LogP contribution is -2.57. The van der Waals surface area contributed by atoms with Crippen LogP contribution in [0.25, 0.3) is 10.9 Å². The van der Waals surface area contributed by atoms with Crippen molar-refractivity contribution in [3.63, 3.8) is 0 Å². The van der Waals surface area contributed by atoms with Crippen molar-refractivity contribution >= 4 is 28.5 Å². The minimum Gasteiger partial charge on any atom is -0.315 e. The molecule has 5 rings (SSSR count). The second kappa shape index (κ2) is 4.30. The van der Waals surface area contributed by atoms with Gasteiger partial charge < -0.3 is 10.2 Å². The number of fused-ring (bicyclic) bond motifs is 3. The van der Waals surface area contributed by atoms with Crippen molar-refractivity contribution in [1.82, 2.24) is 9.88 Å². The van der Waals surface area contributed by atoms with Gasteiger partial charge in [0.2, 0.25) is 0 Å². The molecule has 1 unspecified atom stereocenters. The lowest BCUT2D eigenvalue weighted by atomic mass is 9.81. The molecule has 3 aromatic rings. The maximum atomic E-state index is 13.4. The van der Waals surface area contributed by atoms with Crippen molar-refractivity contribution < 1.29 is 9.59 Å². The van der Waals surface area contributed by atoms with Crippen LogP contribution in [-0.4, -0.2) is 23.6 Å². The summed E-state index contributed by atoms with van der Waals surface area (Å²) in [4.78, 5) is 27.9. The predicted octanol–water partition coefficient (Wildman–Crippen LogP) is 3.05. The topological polar surface area (TPSA) is 54.3 Å². The van der Waals surface area contributed by atoms with Gasteiger partial charge in [-0.05, 0) is 26.0 Å². The quantitative estimate of drug-likeness (QED) is 0.688. The van der Waals surface area contributed by atoms with Crippen LogP contribution in [-0.2, 0) is 10.3 Å². The van der Waals surface area contributed by atoms with E-state index >= 15 is 0 Å². The summed E-state index contributed by atoms with van der Waals surface area (Å²) in [5, 5.41) is 4.00. The molecule has 1 N–H and O–H groups in total. The van der Waals surface area contributed by atoms with E-state index in [-0.39, 0.29) is 11.9 Å². The third-order valence-corrected chi connectivity index (χ3v) is 5.45. The number of nitrogens with zero attached hydrogens (tertiary/aromatic N) is 2. The van der Waals surface area contributed by atoms with E-state index in [1.54, 1.807) is 16.5 Å². The van der Waals surface area contributed by atoms with Crippen molar-refractivity contribution in [3.05, 3.63) is 64.8 Å². The minimum atomic E-state index is -1.16. The van der Waals surface area contributed by atoms with Crippen LogP contribution in [0.2, 0.25) is 0 Å². The van der Waals surface area contributed by atoms with E-state index < -0.39 is 5.54 Å². The maximum Gasteiger partial charge on any atom is 0.327 e. The van der Waals surface area contributed by atoms with Gasteiger partial charge in [-0.1, -0.05) is 35.9 Å². The monoisotopic (exact) mass is 331 g/mol. The Hall–Kier alpha value is -3.08. The van der Waals surface area contributed by atoms with Gasteiger partial charge in [0.1, 0.15) is 0 Å². The summed E-state index contributed by atoms with van der Waals surface area (Å²) in [6.07, 6.45) is 0. The molecule has 0 aliphatic carbocycles. The van der Waals surface area contributed by atoms with Crippen LogP contribution in [0.15, 0.2) is 42.5 Å². The zero-order valence-corrected chi connectivity index (χ0v) is 14.3. The smallest absolute Gasteiger partial charge is 0.315 e. The standard InChI is InChI=1S/C20H17N3O2/c1-11-7-8-16-15(9-11)20(18(24)22(16)3)14-6-4-5-13-10-12(2)23(17(13)14)19(25)21-20/h4-10H,1-3H3,(H,21,25). The summed E-state index contributed by atoms with van der Waals surface area (Å²) in [5.41, 5.74) is 4.08. The Labute approximate surface area is 144 Å². The van der Waals surface area contributed by atoms with Gasteiger partial charge in [0, 0.05) is 34.9 Å². The van der Waals surface area contributed by atoms with Crippen LogP contribution in [0.4, 0.5) is 10.5 Å². The normalized spacial score (nSPS) is 21.2. The molecular weight excluding hydrogens is 314 g/mol. The fourth-order valence-electron chi connectivity index (χ4n) is 4.34. The van der Waals surface area contributed by atoms with Crippen LogP contribution >= 0.6 is 0 Å². The summed E-state index contributed by atoms with van der Waals surface area (Å²) < 4.78 is 1.66. The Kier molecular flexibility index (Phi) is 2.46. The number of carbonyl (C=O) groups excluding carboxylic acids is 2. The molecule has 25 heavy (non-hydrogen) atoms. The molecule has 0 radical (unpaired) electrons. The summed E-state index contributed by atoms with van der Waals surface area (Å²) in [5.74, 6) is -0.126. The van der Waals surface area contributed by atoms with Crippen molar-refractivity contribution in [2.75, 3.05) is 11.9 Å². The molecule has 0 saturated carbocycles. The average Bonchev–Trinajstić information content (AvgIpc) is 3.02. The first kappa shape index (κ1) is 14.3. The molecule has 0 fully saturated rings. The van der Waals surface area contributed by atoms with Crippen molar-refractivity contribution in [2.24, 2.45) is 0 Å². The van der Waals surface area contributed by atoms with E-state index in [0.717, 1.165) is 39.0 Å². The second-order valence-electron chi connectivity index (χ2n) is 6.93. The third-order valence-electron chi connectivity index (χ3n) is 5.45. The number of benzene rings is 2. The van der Waals surface area contributed by atoms with E-state index in [0.29, 0.717) is 0 Å². The SMILES string of the molecule is Cc1ccc2c(c1)C1(NC(=O)n3c(C)cc4cccc1c43)C(=O)N2C. The Morgan fingerprint density at radius 1 is 1.00 bits per heavy atom. The molecule has 2 aliphatic heterocycles. The van der Waals surface area contributed by atoms with Crippen LogP contribution in [0, 0.1) is 13.8 Å². The van der Waals surface area contributed by atoms with Crippen LogP contribution < -0.4 is 10.2 Å². The largest absolute Gasteiger partial charge is 0.327 e. The molecule has 0 saturated heterocycles. The molecule has 2 aliphatic rings. The fraction of sp³-hybridized carbons (Fsp3) is 0.200. The maximum absolute atomic E-state index is 13.4. The third kappa shape index (κ3) is 1.49. The first-order chi connectivity index (χ1) is 11.9. The average molecular weight is 331 g/mol. The van der Waals surface area contributed by atoms with E-state index in [9.17, 15) is 9.59 Å². The molecular formula is C20H17N3O2. The number of amides is 2. The second-order valence-corrected chi connectivity index (χ2v) is 6.93. The number of likely N-dealkylation sites (N-methyl/N-ethyl adjacent to an activating group) is 1. The lowest BCUT2D eigenvalue weighted by Gasteiger charge is -2.35. The van der Waals surface area contributed by atoms with Crippen LogP contribution in [0.1, 0.15) is 22.4 Å². The first-order valence-corrected chi connectivity index (χ1v) is 8.28. The van der Waals surface area contributed by atoms with E-state index in [1.807, 2.05) is 56.3 Å². The first-order valence-electron chi connectivity index (χ1n) is 8.28. The Morgan fingerprint density at radius 3 is 2.60 bits per heavy atom. The summed E-state index contributed by atoms with van der Waals surface area (Å²) in [7, 11) is 1.76. The number of para-hydroxylation sites is 1. The lowest BCUT2D eigenvalue weighted by molar-refractivity contribution is -0.122. The highest BCUT2D eigenvalue weighted by Gasteiger charge is 2.55. The number of nitrogens with one attached hydrogen (secondary N) is 1. The Balaban J connectivity index is 1.96. The van der Waals surface area contributed by atoms with E-state index in [2.05, 4.69) is 5.32 Å². The summed E-state index contributed by atoms with van der Waals surface area (Å²) in [6, 6.07) is 13.5. The predicted molar refractivity (Wildman–Crippen MR) is 96.0 cm³/mol. The number of rotatable bonds is 0. The van der Waals surface area contributed by atoms with Gasteiger partial charge in [-0.15, -0.1) is 0 Å². The molecule has 5 heteroatoms. The molecule has 2 amide bonds. The number of aromatic nitrogens is 1. The van der Waals surface area contributed by atoms with Gasteiger partial charge in [0.25, 0.3) is 5.91 Å². The van der Waals surface area contributed by atoms with Gasteiger partial charge in [-0.2, -0.15) is 0 Å². The Morgan fingerprint density at radius 2 is 1.80 bits per heavy atom. The van der Waals surface area contributed by atoms with Crippen LogP contribution in [0.3, 0.4) is 0 Å². The van der Waals surface area contributed by atoms with Gasteiger partial charge >= 0.3 is 6.03 Å². The number of anilines is 1. The van der Waals surface area contributed by atoms with E-state index in [1.165, 1.54) is 0 Å². The molecule has 3 heterocycles. The molecule has 124 valence electrons.